The number of carbonyl (C=O) groups is 1. The number of aromatic carboxylic acids is 1. The van der Waals surface area contributed by atoms with Crippen molar-refractivity contribution in [1.82, 2.24) is 0 Å². The Morgan fingerprint density at radius 2 is 2.11 bits per heavy atom. The molecule has 19 heavy (non-hydrogen) atoms. The average Bonchev–Trinajstić information content (AvgIpc) is 2.76. The third-order valence-corrected chi connectivity index (χ3v) is 3.91. The first-order chi connectivity index (χ1) is 8.97. The first-order valence-electron chi connectivity index (χ1n) is 5.16. The Morgan fingerprint density at radius 3 is 2.68 bits per heavy atom. The van der Waals surface area contributed by atoms with E-state index in [4.69, 9.17) is 5.11 Å². The number of halogens is 3. The molecule has 2 aromatic rings. The van der Waals surface area contributed by atoms with Gasteiger partial charge in [-0.05, 0) is 28.1 Å². The van der Waals surface area contributed by atoms with Crippen LogP contribution in [0, 0.1) is 11.6 Å². The maximum Gasteiger partial charge on any atom is 0.336 e. The molecule has 0 aliphatic rings. The number of hydrogen-bond acceptors (Lipinski definition) is 3. The lowest BCUT2D eigenvalue weighted by Gasteiger charge is -2.08. The summed E-state index contributed by atoms with van der Waals surface area (Å²) in [6.07, 6.45) is 0. The standard InChI is InChI=1S/C12H8BrF2NO2S/c13-9-2-7(14)3-10(15)11(9)16-4-8-1-6(5-19-8)12(17)18/h1-3,5,16H,4H2,(H,17,18). The number of carboxylic acids is 1. The van der Waals surface area contributed by atoms with Gasteiger partial charge >= 0.3 is 5.97 Å². The Kier molecular flexibility index (Phi) is 4.16. The normalized spacial score (nSPS) is 10.5. The molecular formula is C12H8BrF2NO2S. The van der Waals surface area contributed by atoms with E-state index in [9.17, 15) is 13.6 Å². The molecule has 100 valence electrons. The topological polar surface area (TPSA) is 49.3 Å². The van der Waals surface area contributed by atoms with Crippen molar-refractivity contribution in [3.05, 3.63) is 50.1 Å². The van der Waals surface area contributed by atoms with Gasteiger partial charge in [0.1, 0.15) is 11.6 Å². The van der Waals surface area contributed by atoms with E-state index in [2.05, 4.69) is 21.2 Å². The van der Waals surface area contributed by atoms with Gasteiger partial charge in [-0.25, -0.2) is 13.6 Å². The fourth-order valence-electron chi connectivity index (χ4n) is 1.47. The van der Waals surface area contributed by atoms with Crippen molar-refractivity contribution < 1.29 is 18.7 Å². The fourth-order valence-corrected chi connectivity index (χ4v) is 2.82. The largest absolute Gasteiger partial charge is 0.478 e. The molecule has 0 spiro atoms. The molecule has 0 radical (unpaired) electrons. The molecule has 2 rings (SSSR count). The summed E-state index contributed by atoms with van der Waals surface area (Å²) in [4.78, 5) is 11.5. The molecule has 0 bridgehead atoms. The van der Waals surface area contributed by atoms with Crippen LogP contribution in [0.4, 0.5) is 14.5 Å². The third-order valence-electron chi connectivity index (χ3n) is 2.35. The molecule has 0 amide bonds. The summed E-state index contributed by atoms with van der Waals surface area (Å²) >= 11 is 4.32. The summed E-state index contributed by atoms with van der Waals surface area (Å²) in [5, 5.41) is 13.1. The van der Waals surface area contributed by atoms with Crippen molar-refractivity contribution in [2.45, 2.75) is 6.54 Å². The van der Waals surface area contributed by atoms with Gasteiger partial charge in [-0.15, -0.1) is 11.3 Å². The molecule has 1 heterocycles. The monoisotopic (exact) mass is 347 g/mol. The molecule has 0 atom stereocenters. The van der Waals surface area contributed by atoms with E-state index in [0.717, 1.165) is 17.0 Å². The molecule has 0 aliphatic heterocycles. The lowest BCUT2D eigenvalue weighted by Crippen LogP contribution is -2.02. The summed E-state index contributed by atoms with van der Waals surface area (Å²) in [6.45, 7) is 0.263. The number of anilines is 1. The smallest absolute Gasteiger partial charge is 0.336 e. The average molecular weight is 348 g/mol. The molecule has 1 aromatic heterocycles. The van der Waals surface area contributed by atoms with Crippen LogP contribution in [-0.4, -0.2) is 11.1 Å². The van der Waals surface area contributed by atoms with Crippen molar-refractivity contribution in [2.24, 2.45) is 0 Å². The van der Waals surface area contributed by atoms with Gasteiger partial charge < -0.3 is 10.4 Å². The third kappa shape index (κ3) is 3.30. The van der Waals surface area contributed by atoms with Crippen LogP contribution in [0.5, 0.6) is 0 Å². The van der Waals surface area contributed by atoms with Gasteiger partial charge in [-0.1, -0.05) is 0 Å². The Balaban J connectivity index is 2.12. The van der Waals surface area contributed by atoms with Gasteiger partial charge in [-0.2, -0.15) is 0 Å². The maximum atomic E-state index is 13.5. The molecule has 3 nitrogen and oxygen atoms in total. The second-order valence-corrected chi connectivity index (χ2v) is 5.55. The van der Waals surface area contributed by atoms with E-state index >= 15 is 0 Å². The van der Waals surface area contributed by atoms with Crippen LogP contribution in [-0.2, 0) is 6.54 Å². The highest BCUT2D eigenvalue weighted by molar-refractivity contribution is 9.10. The van der Waals surface area contributed by atoms with Gasteiger partial charge in [0.05, 0.1) is 11.3 Å². The number of carboxylic acid groups (broad SMARTS) is 1. The van der Waals surface area contributed by atoms with E-state index in [-0.39, 0.29) is 22.3 Å². The second kappa shape index (κ2) is 5.66. The van der Waals surface area contributed by atoms with E-state index in [1.807, 2.05) is 0 Å². The fraction of sp³-hybridized carbons (Fsp3) is 0.0833. The first-order valence-corrected chi connectivity index (χ1v) is 6.83. The van der Waals surface area contributed by atoms with E-state index in [1.165, 1.54) is 22.8 Å². The van der Waals surface area contributed by atoms with E-state index in [0.29, 0.717) is 0 Å². The zero-order chi connectivity index (χ0) is 14.0. The van der Waals surface area contributed by atoms with Crippen LogP contribution in [0.15, 0.2) is 28.1 Å². The summed E-state index contributed by atoms with van der Waals surface area (Å²) in [5.41, 5.74) is 0.340. The molecule has 0 unspecified atom stereocenters. The van der Waals surface area contributed by atoms with Crippen LogP contribution in [0.2, 0.25) is 0 Å². The minimum absolute atomic E-state index is 0.145. The molecule has 0 aliphatic carbocycles. The predicted molar refractivity (Wildman–Crippen MR) is 72.7 cm³/mol. The van der Waals surface area contributed by atoms with Gasteiger partial charge in [0, 0.05) is 27.3 Å². The van der Waals surface area contributed by atoms with Crippen molar-refractivity contribution in [3.8, 4) is 0 Å². The molecule has 2 N–H and O–H groups in total. The van der Waals surface area contributed by atoms with Crippen LogP contribution in [0.1, 0.15) is 15.2 Å². The lowest BCUT2D eigenvalue weighted by molar-refractivity contribution is 0.0697. The van der Waals surface area contributed by atoms with Crippen molar-refractivity contribution >= 4 is 38.9 Å². The molecule has 1 aromatic carbocycles. The second-order valence-electron chi connectivity index (χ2n) is 3.70. The molecular weight excluding hydrogens is 340 g/mol. The summed E-state index contributed by atoms with van der Waals surface area (Å²) in [5.74, 6) is -2.38. The van der Waals surface area contributed by atoms with Crippen LogP contribution >= 0.6 is 27.3 Å². The van der Waals surface area contributed by atoms with Crippen LogP contribution < -0.4 is 5.32 Å². The highest BCUT2D eigenvalue weighted by Gasteiger charge is 2.11. The maximum absolute atomic E-state index is 13.5. The number of thiophene rings is 1. The molecule has 7 heteroatoms. The van der Waals surface area contributed by atoms with Crippen molar-refractivity contribution in [2.75, 3.05) is 5.32 Å². The SMILES string of the molecule is O=C(O)c1csc(CNc2c(F)cc(F)cc2Br)c1. The number of rotatable bonds is 4. The predicted octanol–water partition coefficient (Wildman–Crippen LogP) is 4.10. The Morgan fingerprint density at radius 1 is 1.37 bits per heavy atom. The summed E-state index contributed by atoms with van der Waals surface area (Å²) < 4.78 is 26.7. The Hall–Kier alpha value is -1.47. The van der Waals surface area contributed by atoms with Gasteiger partial charge in [0.15, 0.2) is 0 Å². The number of nitrogens with one attached hydrogen (secondary N) is 1. The molecule has 0 saturated carbocycles. The highest BCUT2D eigenvalue weighted by atomic mass is 79.9. The lowest BCUT2D eigenvalue weighted by atomic mass is 10.3. The van der Waals surface area contributed by atoms with Gasteiger partial charge in [0.25, 0.3) is 0 Å². The minimum atomic E-state index is -1.00. The quantitative estimate of drug-likeness (QED) is 0.875. The Labute approximate surface area is 120 Å². The first kappa shape index (κ1) is 14.0. The summed E-state index contributed by atoms with van der Waals surface area (Å²) in [6, 6.07) is 3.45. The van der Waals surface area contributed by atoms with Gasteiger partial charge in [0.2, 0.25) is 0 Å². The zero-order valence-electron chi connectivity index (χ0n) is 9.41. The van der Waals surface area contributed by atoms with Crippen LogP contribution in [0.3, 0.4) is 0 Å². The van der Waals surface area contributed by atoms with E-state index < -0.39 is 17.6 Å². The molecule has 0 saturated heterocycles. The zero-order valence-corrected chi connectivity index (χ0v) is 11.8. The number of hydrogen-bond donors (Lipinski definition) is 2. The highest BCUT2D eigenvalue weighted by Crippen LogP contribution is 2.28. The minimum Gasteiger partial charge on any atom is -0.478 e. The van der Waals surface area contributed by atoms with Crippen LogP contribution in [0.25, 0.3) is 0 Å². The number of benzene rings is 1. The molecule has 0 fully saturated rings. The van der Waals surface area contributed by atoms with Gasteiger partial charge in [-0.3, -0.25) is 0 Å². The Bertz CT molecular complexity index is 607. The summed E-state index contributed by atoms with van der Waals surface area (Å²) in [7, 11) is 0. The van der Waals surface area contributed by atoms with E-state index in [1.54, 1.807) is 0 Å². The van der Waals surface area contributed by atoms with Crippen molar-refractivity contribution in [3.63, 3.8) is 0 Å². The van der Waals surface area contributed by atoms with Crippen molar-refractivity contribution in [1.29, 1.82) is 0 Å².